The number of fused-ring (bicyclic) bond motifs is 1. The van der Waals surface area contributed by atoms with Gasteiger partial charge in [0.2, 0.25) is 0 Å². The van der Waals surface area contributed by atoms with E-state index in [1.165, 1.54) is 12.2 Å². The molecule has 0 amide bonds. The van der Waals surface area contributed by atoms with E-state index in [9.17, 15) is 0 Å². The summed E-state index contributed by atoms with van der Waals surface area (Å²) in [6.45, 7) is 4.66. The van der Waals surface area contributed by atoms with Crippen LogP contribution in [0.1, 0.15) is 25.6 Å². The lowest BCUT2D eigenvalue weighted by atomic mass is 10.3. The Morgan fingerprint density at radius 1 is 1.25 bits per heavy atom. The standard InChI is InChI=1S/C17H27N5S.HI/c1-3-18-17(19-11-6-7-13-23-2)20-12-10-16-21-14-8-4-5-9-15(14)22-16;/h4-5,8-9H,3,6-7,10-13H2,1-2H3,(H,21,22)(H2,18,19,20);1H. The fourth-order valence-electron chi connectivity index (χ4n) is 2.31. The molecule has 3 N–H and O–H groups in total. The van der Waals surface area contributed by atoms with E-state index in [2.05, 4.69) is 44.8 Å². The average Bonchev–Trinajstić information content (AvgIpc) is 2.97. The number of H-pyrrole nitrogens is 1. The summed E-state index contributed by atoms with van der Waals surface area (Å²) < 4.78 is 0. The minimum absolute atomic E-state index is 0. The van der Waals surface area contributed by atoms with E-state index < -0.39 is 0 Å². The predicted molar refractivity (Wildman–Crippen MR) is 117 cm³/mol. The topological polar surface area (TPSA) is 65.1 Å². The normalized spacial score (nSPS) is 11.3. The van der Waals surface area contributed by atoms with Crippen LogP contribution in [0.2, 0.25) is 0 Å². The molecular weight excluding hydrogens is 433 g/mol. The van der Waals surface area contributed by atoms with Crippen molar-refractivity contribution in [2.45, 2.75) is 26.2 Å². The number of thioether (sulfide) groups is 1. The molecule has 0 aliphatic rings. The molecule has 2 aromatic rings. The van der Waals surface area contributed by atoms with Crippen LogP contribution >= 0.6 is 35.7 Å². The van der Waals surface area contributed by atoms with Gasteiger partial charge in [0.25, 0.3) is 0 Å². The third-order valence-electron chi connectivity index (χ3n) is 3.46. The van der Waals surface area contributed by atoms with Crippen molar-refractivity contribution in [1.29, 1.82) is 0 Å². The molecule has 0 spiro atoms. The summed E-state index contributed by atoms with van der Waals surface area (Å²) in [5.41, 5.74) is 2.12. The quantitative estimate of drug-likeness (QED) is 0.232. The summed E-state index contributed by atoms with van der Waals surface area (Å²) in [6.07, 6.45) is 5.36. The van der Waals surface area contributed by atoms with Crippen molar-refractivity contribution in [2.75, 3.05) is 31.6 Å². The summed E-state index contributed by atoms with van der Waals surface area (Å²) in [5, 5.41) is 6.67. The molecule has 5 nitrogen and oxygen atoms in total. The molecule has 0 radical (unpaired) electrons. The second-order valence-electron chi connectivity index (χ2n) is 5.34. The number of hydrogen-bond acceptors (Lipinski definition) is 3. The van der Waals surface area contributed by atoms with Crippen LogP contribution in [0, 0.1) is 0 Å². The summed E-state index contributed by atoms with van der Waals surface area (Å²) >= 11 is 1.89. The number of halogens is 1. The van der Waals surface area contributed by atoms with Gasteiger partial charge in [0.1, 0.15) is 5.82 Å². The number of nitrogens with zero attached hydrogens (tertiary/aromatic N) is 2. The zero-order chi connectivity index (χ0) is 16.3. The molecule has 1 aromatic heterocycles. The van der Waals surface area contributed by atoms with Gasteiger partial charge in [-0.3, -0.25) is 4.99 Å². The van der Waals surface area contributed by atoms with Crippen molar-refractivity contribution in [3.05, 3.63) is 30.1 Å². The van der Waals surface area contributed by atoms with E-state index in [0.717, 1.165) is 55.3 Å². The minimum Gasteiger partial charge on any atom is -0.357 e. The Labute approximate surface area is 165 Å². The summed E-state index contributed by atoms with van der Waals surface area (Å²) in [5.74, 6) is 3.12. The monoisotopic (exact) mass is 461 g/mol. The van der Waals surface area contributed by atoms with Gasteiger partial charge in [-0.15, -0.1) is 24.0 Å². The van der Waals surface area contributed by atoms with Crippen molar-refractivity contribution < 1.29 is 0 Å². The van der Waals surface area contributed by atoms with Crippen molar-refractivity contribution in [1.82, 2.24) is 20.6 Å². The van der Waals surface area contributed by atoms with Gasteiger partial charge in [-0.25, -0.2) is 4.98 Å². The Balaban J connectivity index is 0.00000288. The van der Waals surface area contributed by atoms with Crippen molar-refractivity contribution in [3.8, 4) is 0 Å². The highest BCUT2D eigenvalue weighted by atomic mass is 127. The van der Waals surface area contributed by atoms with E-state index in [1.54, 1.807) is 0 Å². The van der Waals surface area contributed by atoms with E-state index in [4.69, 9.17) is 0 Å². The molecule has 0 fully saturated rings. The number of rotatable bonds is 9. The molecule has 0 atom stereocenters. The number of unbranched alkanes of at least 4 members (excludes halogenated alkanes) is 1. The maximum Gasteiger partial charge on any atom is 0.191 e. The Morgan fingerprint density at radius 2 is 2.08 bits per heavy atom. The smallest absolute Gasteiger partial charge is 0.191 e. The number of para-hydroxylation sites is 2. The zero-order valence-electron chi connectivity index (χ0n) is 14.5. The van der Waals surface area contributed by atoms with Crippen molar-refractivity contribution >= 4 is 52.7 Å². The van der Waals surface area contributed by atoms with Crippen LogP contribution in [-0.2, 0) is 6.42 Å². The fraction of sp³-hybridized carbons (Fsp3) is 0.529. The Kier molecular flexibility index (Phi) is 10.9. The number of aromatic nitrogens is 2. The van der Waals surface area contributed by atoms with Crippen molar-refractivity contribution in [2.24, 2.45) is 4.99 Å². The highest BCUT2D eigenvalue weighted by Crippen LogP contribution is 2.10. The Bertz CT molecular complexity index is 581. The number of hydrogen-bond donors (Lipinski definition) is 3. The molecule has 7 heteroatoms. The second-order valence-corrected chi connectivity index (χ2v) is 6.32. The minimum atomic E-state index is 0. The summed E-state index contributed by atoms with van der Waals surface area (Å²) in [4.78, 5) is 12.6. The molecule has 0 saturated carbocycles. The van der Waals surface area contributed by atoms with Crippen LogP contribution in [0.3, 0.4) is 0 Å². The second kappa shape index (κ2) is 12.4. The van der Waals surface area contributed by atoms with Gasteiger partial charge in [0.15, 0.2) is 5.96 Å². The molecule has 1 aromatic carbocycles. The SMILES string of the molecule is CCNC(=NCCCCSC)NCCc1nc2ccccc2[nH]1.I. The van der Waals surface area contributed by atoms with Crippen LogP contribution in [-0.4, -0.2) is 47.6 Å². The average molecular weight is 461 g/mol. The first kappa shape index (κ1) is 21.1. The number of aromatic amines is 1. The lowest BCUT2D eigenvalue weighted by Gasteiger charge is -2.10. The highest BCUT2D eigenvalue weighted by Gasteiger charge is 2.02. The Hall–Kier alpha value is -0.960. The number of aliphatic imine (C=N–C) groups is 1. The first-order chi connectivity index (χ1) is 11.3. The van der Waals surface area contributed by atoms with E-state index >= 15 is 0 Å². The van der Waals surface area contributed by atoms with Gasteiger partial charge in [-0.05, 0) is 43.9 Å². The molecule has 0 unspecified atom stereocenters. The number of benzene rings is 1. The van der Waals surface area contributed by atoms with Crippen LogP contribution in [0.5, 0.6) is 0 Å². The van der Waals surface area contributed by atoms with Gasteiger partial charge in [-0.2, -0.15) is 11.8 Å². The van der Waals surface area contributed by atoms with Gasteiger partial charge >= 0.3 is 0 Å². The molecule has 0 aliphatic carbocycles. The van der Waals surface area contributed by atoms with Gasteiger partial charge in [0.05, 0.1) is 11.0 Å². The third kappa shape index (κ3) is 7.29. The van der Waals surface area contributed by atoms with Crippen LogP contribution in [0.4, 0.5) is 0 Å². The molecular formula is C17H28IN5S. The van der Waals surface area contributed by atoms with Gasteiger partial charge < -0.3 is 15.6 Å². The van der Waals surface area contributed by atoms with Crippen molar-refractivity contribution in [3.63, 3.8) is 0 Å². The molecule has 0 saturated heterocycles. The molecule has 1 heterocycles. The molecule has 134 valence electrons. The fourth-order valence-corrected chi connectivity index (χ4v) is 2.81. The number of imidazole rings is 1. The van der Waals surface area contributed by atoms with Gasteiger partial charge in [0, 0.05) is 26.1 Å². The maximum atomic E-state index is 4.61. The zero-order valence-corrected chi connectivity index (χ0v) is 17.6. The Morgan fingerprint density at radius 3 is 2.83 bits per heavy atom. The number of nitrogens with one attached hydrogen (secondary N) is 3. The van der Waals surface area contributed by atoms with E-state index in [-0.39, 0.29) is 24.0 Å². The van der Waals surface area contributed by atoms with Crippen LogP contribution in [0.25, 0.3) is 11.0 Å². The summed E-state index contributed by atoms with van der Waals surface area (Å²) in [6, 6.07) is 8.12. The van der Waals surface area contributed by atoms with Crippen LogP contribution < -0.4 is 10.6 Å². The molecule has 0 bridgehead atoms. The first-order valence-electron chi connectivity index (χ1n) is 8.28. The lowest BCUT2D eigenvalue weighted by Crippen LogP contribution is -2.38. The van der Waals surface area contributed by atoms with E-state index in [0.29, 0.717) is 0 Å². The molecule has 0 aliphatic heterocycles. The lowest BCUT2D eigenvalue weighted by molar-refractivity contribution is 0.761. The first-order valence-corrected chi connectivity index (χ1v) is 9.67. The maximum absolute atomic E-state index is 4.61. The van der Waals surface area contributed by atoms with E-state index in [1.807, 2.05) is 30.0 Å². The van der Waals surface area contributed by atoms with Crippen LogP contribution in [0.15, 0.2) is 29.3 Å². The van der Waals surface area contributed by atoms with Gasteiger partial charge in [-0.1, -0.05) is 12.1 Å². The summed E-state index contributed by atoms with van der Waals surface area (Å²) in [7, 11) is 0. The largest absolute Gasteiger partial charge is 0.357 e. The number of guanidine groups is 1. The third-order valence-corrected chi connectivity index (χ3v) is 4.16. The predicted octanol–water partition coefficient (Wildman–Crippen LogP) is 3.42. The molecule has 2 rings (SSSR count). The highest BCUT2D eigenvalue weighted by molar-refractivity contribution is 14.0. The molecule has 24 heavy (non-hydrogen) atoms.